The number of hydrogen-bond acceptors (Lipinski definition) is 15. The number of methoxy groups -OCH3 is 1. The molecule has 1 aromatic carbocycles. The van der Waals surface area contributed by atoms with Crippen molar-refractivity contribution in [2.45, 2.75) is 50.9 Å². The molecule has 8 heterocycles. The molecule has 3 N–H and O–H groups in total. The number of anilines is 5. The lowest BCUT2D eigenvalue weighted by molar-refractivity contribution is -0.137. The summed E-state index contributed by atoms with van der Waals surface area (Å²) in [5, 5.41) is 12.3. The number of hydrogen-bond donors (Lipinski definition) is 3. The molecule has 0 radical (unpaired) electrons. The molecule has 4 fully saturated rings. The van der Waals surface area contributed by atoms with Gasteiger partial charge in [-0.25, -0.2) is 33.7 Å². The third-order valence-electron chi connectivity index (χ3n) is 13.3. The number of amides is 2. The van der Waals surface area contributed by atoms with E-state index in [2.05, 4.69) is 57.7 Å². The maximum atomic E-state index is 13.8. The number of rotatable bonds is 12. The number of nitrogens with one attached hydrogen (secondary N) is 3. The van der Waals surface area contributed by atoms with Crippen LogP contribution in [0.25, 0.3) is 5.65 Å². The van der Waals surface area contributed by atoms with Gasteiger partial charge in [-0.15, -0.1) is 0 Å². The highest BCUT2D eigenvalue weighted by Crippen LogP contribution is 2.52. The average molecular weight is 945 g/mol. The molecule has 0 bridgehead atoms. The van der Waals surface area contributed by atoms with Crippen molar-refractivity contribution in [2.24, 2.45) is 11.3 Å². The van der Waals surface area contributed by atoms with Gasteiger partial charge in [0.2, 0.25) is 11.7 Å². The predicted molar refractivity (Wildman–Crippen MR) is 242 cm³/mol. The number of nitrogens with zero attached hydrogens (tertiary/aromatic N) is 9. The van der Waals surface area contributed by atoms with E-state index in [1.807, 2.05) is 40.9 Å². The van der Waals surface area contributed by atoms with Crippen LogP contribution in [0.2, 0.25) is 5.15 Å². The number of likely N-dealkylation sites (tertiary alicyclic amines) is 2. The zero-order valence-corrected chi connectivity index (χ0v) is 37.7. The lowest BCUT2D eigenvalue weighted by Crippen LogP contribution is -2.72. The van der Waals surface area contributed by atoms with Crippen molar-refractivity contribution >= 4 is 69.5 Å². The van der Waals surface area contributed by atoms with Gasteiger partial charge in [-0.3, -0.25) is 4.90 Å². The first-order valence-corrected chi connectivity index (χ1v) is 22.3. The summed E-state index contributed by atoms with van der Waals surface area (Å²) in [5.74, 6) is 6.51. The first-order chi connectivity index (χ1) is 32.2. The summed E-state index contributed by atoms with van der Waals surface area (Å²) in [4.78, 5) is 67.8. The van der Waals surface area contributed by atoms with Crippen molar-refractivity contribution < 1.29 is 41.8 Å². The zero-order valence-electron chi connectivity index (χ0n) is 37.0. The van der Waals surface area contributed by atoms with Crippen LogP contribution in [0.3, 0.4) is 0 Å². The number of carbonyl (C=O) groups excluding carboxylic acids is 4. The lowest BCUT2D eigenvalue weighted by atomic mass is 9.72. The van der Waals surface area contributed by atoms with Gasteiger partial charge in [-0.2, -0.15) is 18.3 Å². The molecule has 3 aromatic heterocycles. The molecule has 2 atom stereocenters. The van der Waals surface area contributed by atoms with Gasteiger partial charge in [0.25, 0.3) is 0 Å². The SMILES string of the molecule is COC(C)c1c(NC(=O)Nc2cc(C(F)(F)F)cnc2OCCN2CCC(CN3CC4(C3)CN(c3cccc5c3N(C)C(=C=O)N5C3CCC(=C=O)NC3=C=O)C4)CC2)cnc2cc(Cl)nn12. The number of allylic oxidation sites excluding steroid dienone is 1. The first-order valence-electron chi connectivity index (χ1n) is 21.9. The third-order valence-corrected chi connectivity index (χ3v) is 13.5. The molecule has 2 unspecified atom stereocenters. The summed E-state index contributed by atoms with van der Waals surface area (Å²) in [5.41, 5.74) is 3.05. The zero-order chi connectivity index (χ0) is 47.2. The standard InChI is InChI=1S/C45H48ClF3N12O6/c1-27(66-3)40-32(18-50-38-16-37(46)55-61(38)40)54-43(65)53-31-15-29(45(47,48)49)17-51-42(31)67-14-13-57-11-9-28(10-12-57)19-58-23-44(24-58)25-59(26-44)35-5-4-6-36-41(35)56(2)39(22-64)60(36)34-8-7-30(20-62)52-33(34)21-63/h4-6,15-18,27-28,34,52H,7-14,19,23-26H2,1-3H3,(H2,53,54,65). The van der Waals surface area contributed by atoms with Crippen molar-refractivity contribution in [3.05, 3.63) is 76.4 Å². The third kappa shape index (κ3) is 8.94. The number of carbonyl (C=O) groups is 1. The molecule has 4 aromatic rings. The Labute approximate surface area is 388 Å². The number of halogens is 4. The Bertz CT molecular complexity index is 2730. The summed E-state index contributed by atoms with van der Waals surface area (Å²) in [7, 11) is 3.30. The van der Waals surface area contributed by atoms with E-state index < -0.39 is 29.9 Å². The topological polar surface area (TPSA) is 182 Å². The second-order valence-electron chi connectivity index (χ2n) is 17.8. The van der Waals surface area contributed by atoms with Gasteiger partial charge >= 0.3 is 12.2 Å². The van der Waals surface area contributed by atoms with Crippen LogP contribution >= 0.6 is 11.6 Å². The fourth-order valence-electron chi connectivity index (χ4n) is 10.1. The number of piperidine rings is 2. The molecule has 18 nitrogen and oxygen atoms in total. The maximum absolute atomic E-state index is 13.8. The number of para-hydroxylation sites is 1. The molecule has 0 saturated carbocycles. The van der Waals surface area contributed by atoms with E-state index in [1.54, 1.807) is 6.92 Å². The highest BCUT2D eigenvalue weighted by molar-refractivity contribution is 6.29. The number of ether oxygens (including phenoxy) is 2. The van der Waals surface area contributed by atoms with Crippen molar-refractivity contribution in [3.8, 4) is 5.88 Å². The van der Waals surface area contributed by atoms with Gasteiger partial charge in [0.1, 0.15) is 35.6 Å². The fraction of sp³-hybridized carbons (Fsp3) is 0.467. The van der Waals surface area contributed by atoms with E-state index in [-0.39, 0.29) is 45.8 Å². The molecule has 352 valence electrons. The predicted octanol–water partition coefficient (Wildman–Crippen LogP) is 5.17. The maximum Gasteiger partial charge on any atom is 0.417 e. The number of benzene rings is 1. The second-order valence-corrected chi connectivity index (χ2v) is 18.1. The monoisotopic (exact) mass is 944 g/mol. The summed E-state index contributed by atoms with van der Waals surface area (Å²) in [6, 6.07) is 6.90. The molecule has 4 saturated heterocycles. The Balaban J connectivity index is 0.752. The van der Waals surface area contributed by atoms with Gasteiger partial charge in [-0.05, 0) is 63.4 Å². The van der Waals surface area contributed by atoms with Crippen molar-refractivity contribution in [3.63, 3.8) is 0 Å². The normalized spacial score (nSPS) is 20.1. The Hall–Kier alpha value is -6.43. The van der Waals surface area contributed by atoms with Gasteiger partial charge in [-0.1, -0.05) is 17.7 Å². The minimum absolute atomic E-state index is 0.139. The van der Waals surface area contributed by atoms with Crippen molar-refractivity contribution in [1.82, 2.24) is 34.7 Å². The Morgan fingerprint density at radius 2 is 1.73 bits per heavy atom. The summed E-state index contributed by atoms with van der Waals surface area (Å²) in [6.07, 6.45) is -0.417. The molecule has 9 rings (SSSR count). The Kier molecular flexibility index (Phi) is 12.5. The smallest absolute Gasteiger partial charge is 0.417 e. The average Bonchev–Trinajstić information content (AvgIpc) is 3.82. The fourth-order valence-corrected chi connectivity index (χ4v) is 10.3. The number of pyridine rings is 1. The van der Waals surface area contributed by atoms with E-state index in [0.717, 1.165) is 81.8 Å². The van der Waals surface area contributed by atoms with Gasteiger partial charge in [0.15, 0.2) is 16.7 Å². The number of aromatic nitrogens is 4. The number of fused-ring (bicyclic) bond motifs is 2. The van der Waals surface area contributed by atoms with Crippen LogP contribution < -0.4 is 35.4 Å². The minimum Gasteiger partial charge on any atom is -0.475 e. The van der Waals surface area contributed by atoms with Gasteiger partial charge in [0, 0.05) is 77.5 Å². The second kappa shape index (κ2) is 18.3. The molecule has 5 aliphatic heterocycles. The van der Waals surface area contributed by atoms with E-state index in [4.69, 9.17) is 21.1 Å². The highest BCUT2D eigenvalue weighted by atomic mass is 35.5. The Morgan fingerprint density at radius 1 is 0.985 bits per heavy atom. The van der Waals surface area contributed by atoms with Crippen LogP contribution in [0.1, 0.15) is 50.0 Å². The van der Waals surface area contributed by atoms with E-state index in [9.17, 15) is 32.3 Å². The molecular formula is C45H48ClF3N12O6. The lowest BCUT2D eigenvalue weighted by Gasteiger charge is -2.62. The van der Waals surface area contributed by atoms with Crippen LogP contribution in [0.15, 0.2) is 59.9 Å². The van der Waals surface area contributed by atoms with Crippen LogP contribution in [-0.2, 0) is 25.3 Å². The van der Waals surface area contributed by atoms with Crippen LogP contribution in [0.4, 0.5) is 46.4 Å². The van der Waals surface area contributed by atoms with E-state index in [1.165, 1.54) is 23.9 Å². The largest absolute Gasteiger partial charge is 0.475 e. The molecule has 0 aliphatic carbocycles. The highest BCUT2D eigenvalue weighted by Gasteiger charge is 2.53. The molecule has 67 heavy (non-hydrogen) atoms. The van der Waals surface area contributed by atoms with Crippen LogP contribution in [0.5, 0.6) is 5.88 Å². The molecular weight excluding hydrogens is 897 g/mol. The van der Waals surface area contributed by atoms with Crippen molar-refractivity contribution in [2.75, 3.05) is 98.5 Å². The summed E-state index contributed by atoms with van der Waals surface area (Å²) >= 11 is 6.09. The molecule has 22 heteroatoms. The quantitative estimate of drug-likeness (QED) is 0.158. The Morgan fingerprint density at radius 3 is 2.43 bits per heavy atom. The van der Waals surface area contributed by atoms with Gasteiger partial charge in [0.05, 0.1) is 52.3 Å². The van der Waals surface area contributed by atoms with Crippen LogP contribution in [0, 0.1) is 11.3 Å². The van der Waals surface area contributed by atoms with Gasteiger partial charge < -0.3 is 45.0 Å². The minimum atomic E-state index is -4.71. The summed E-state index contributed by atoms with van der Waals surface area (Å²) in [6.45, 7) is 8.82. The van der Waals surface area contributed by atoms with E-state index >= 15 is 0 Å². The molecule has 5 aliphatic rings. The molecule has 2 amide bonds. The van der Waals surface area contributed by atoms with Crippen molar-refractivity contribution in [1.29, 1.82) is 0 Å². The number of urea groups is 1. The van der Waals surface area contributed by atoms with E-state index in [0.29, 0.717) is 48.7 Å². The molecule has 1 spiro atoms. The van der Waals surface area contributed by atoms with Crippen LogP contribution in [-0.4, -0.2) is 132 Å². The number of alkyl halides is 3. The summed E-state index contributed by atoms with van der Waals surface area (Å²) < 4.78 is 54.1. The first kappa shape index (κ1) is 45.7.